The number of benzene rings is 3. The van der Waals surface area contributed by atoms with Crippen LogP contribution in [0.15, 0.2) is 66.7 Å². The maximum absolute atomic E-state index is 13.3. The van der Waals surface area contributed by atoms with Gasteiger partial charge in [-0.1, -0.05) is 36.7 Å². The standard InChI is InChI=1S/C25H23ClF6N2O2/c1-2-17-12-20(9-10-22(17)26)35-19-7-4-6-18(13-19)34(15-23(33)24(27,28)29)14-16-5-3-8-21(11-16)36-25(30,31)32/h3-13,23H,2,14-15,33H2,1H3. The molecule has 1 atom stereocenters. The summed E-state index contributed by atoms with van der Waals surface area (Å²) >= 11 is 6.14. The Morgan fingerprint density at radius 3 is 2.22 bits per heavy atom. The predicted molar refractivity (Wildman–Crippen MR) is 126 cm³/mol. The highest BCUT2D eigenvalue weighted by molar-refractivity contribution is 6.31. The summed E-state index contributed by atoms with van der Waals surface area (Å²) < 4.78 is 87.4. The van der Waals surface area contributed by atoms with Crippen molar-refractivity contribution in [3.05, 3.63) is 82.9 Å². The fraction of sp³-hybridized carbons (Fsp3) is 0.280. The van der Waals surface area contributed by atoms with Gasteiger partial charge in [-0.3, -0.25) is 0 Å². The Kier molecular flexibility index (Phi) is 8.63. The van der Waals surface area contributed by atoms with Gasteiger partial charge in [-0.15, -0.1) is 13.2 Å². The molecule has 194 valence electrons. The van der Waals surface area contributed by atoms with Gasteiger partial charge in [0.15, 0.2) is 0 Å². The zero-order chi connectivity index (χ0) is 26.5. The Morgan fingerprint density at radius 1 is 0.889 bits per heavy atom. The van der Waals surface area contributed by atoms with Crippen molar-refractivity contribution in [1.82, 2.24) is 0 Å². The van der Waals surface area contributed by atoms with Crippen molar-refractivity contribution in [2.24, 2.45) is 5.73 Å². The van der Waals surface area contributed by atoms with E-state index in [-0.39, 0.29) is 6.54 Å². The summed E-state index contributed by atoms with van der Waals surface area (Å²) in [6.45, 7) is 1.13. The highest BCUT2D eigenvalue weighted by Gasteiger charge is 2.38. The van der Waals surface area contributed by atoms with Crippen LogP contribution in [-0.2, 0) is 13.0 Å². The van der Waals surface area contributed by atoms with Crippen molar-refractivity contribution in [2.45, 2.75) is 38.5 Å². The SMILES string of the molecule is CCc1cc(Oc2cccc(N(Cc3cccc(OC(F)(F)F)c3)CC(N)C(F)(F)F)c2)ccc1Cl. The first kappa shape index (κ1) is 27.5. The van der Waals surface area contributed by atoms with Crippen molar-refractivity contribution in [3.8, 4) is 17.2 Å². The van der Waals surface area contributed by atoms with Crippen LogP contribution in [0.25, 0.3) is 0 Å². The molecule has 4 nitrogen and oxygen atoms in total. The first-order valence-electron chi connectivity index (χ1n) is 10.8. The van der Waals surface area contributed by atoms with Crippen LogP contribution in [0.5, 0.6) is 17.2 Å². The quantitative estimate of drug-likeness (QED) is 0.290. The van der Waals surface area contributed by atoms with Crippen LogP contribution in [0, 0.1) is 0 Å². The molecular formula is C25H23ClF6N2O2. The molecular weight excluding hydrogens is 510 g/mol. The monoisotopic (exact) mass is 532 g/mol. The summed E-state index contributed by atoms with van der Waals surface area (Å²) in [5.41, 5.74) is 6.87. The molecule has 0 aliphatic heterocycles. The molecule has 0 fully saturated rings. The number of alkyl halides is 6. The van der Waals surface area contributed by atoms with Gasteiger partial charge in [-0.25, -0.2) is 0 Å². The molecule has 3 aromatic rings. The van der Waals surface area contributed by atoms with E-state index in [4.69, 9.17) is 22.1 Å². The zero-order valence-electron chi connectivity index (χ0n) is 19.0. The molecule has 0 heterocycles. The Morgan fingerprint density at radius 2 is 1.56 bits per heavy atom. The number of anilines is 1. The van der Waals surface area contributed by atoms with Crippen molar-refractivity contribution in [3.63, 3.8) is 0 Å². The van der Waals surface area contributed by atoms with E-state index in [1.165, 1.54) is 23.1 Å². The molecule has 36 heavy (non-hydrogen) atoms. The number of hydrogen-bond donors (Lipinski definition) is 1. The Bertz CT molecular complexity index is 1170. The molecule has 0 aliphatic rings. The van der Waals surface area contributed by atoms with Gasteiger partial charge in [-0.2, -0.15) is 13.2 Å². The van der Waals surface area contributed by atoms with Crippen LogP contribution >= 0.6 is 11.6 Å². The molecule has 3 aromatic carbocycles. The Balaban J connectivity index is 1.89. The van der Waals surface area contributed by atoms with E-state index in [1.807, 2.05) is 6.92 Å². The lowest BCUT2D eigenvalue weighted by atomic mass is 10.1. The molecule has 0 radical (unpaired) electrons. The second kappa shape index (κ2) is 11.3. The van der Waals surface area contributed by atoms with Crippen molar-refractivity contribution >= 4 is 17.3 Å². The van der Waals surface area contributed by atoms with Gasteiger partial charge in [0.2, 0.25) is 0 Å². The zero-order valence-corrected chi connectivity index (χ0v) is 19.8. The smallest absolute Gasteiger partial charge is 0.457 e. The minimum absolute atomic E-state index is 0.163. The highest BCUT2D eigenvalue weighted by atomic mass is 35.5. The summed E-state index contributed by atoms with van der Waals surface area (Å²) in [5.74, 6) is 0.354. The molecule has 0 amide bonds. The Labute approximate surface area is 209 Å². The molecule has 0 spiro atoms. The fourth-order valence-corrected chi connectivity index (χ4v) is 3.68. The van der Waals surface area contributed by atoms with E-state index >= 15 is 0 Å². The summed E-state index contributed by atoms with van der Waals surface area (Å²) in [6, 6.07) is 14.2. The molecule has 0 bridgehead atoms. The third-order valence-electron chi connectivity index (χ3n) is 5.16. The lowest BCUT2D eigenvalue weighted by molar-refractivity contribution is -0.274. The lowest BCUT2D eigenvalue weighted by Crippen LogP contribution is -2.46. The Hall–Kier alpha value is -3.11. The molecule has 0 saturated heterocycles. The highest BCUT2D eigenvalue weighted by Crippen LogP contribution is 2.31. The van der Waals surface area contributed by atoms with Crippen LogP contribution in [0.1, 0.15) is 18.1 Å². The van der Waals surface area contributed by atoms with E-state index in [1.54, 1.807) is 36.4 Å². The molecule has 2 N–H and O–H groups in total. The molecule has 0 aliphatic carbocycles. The van der Waals surface area contributed by atoms with Gasteiger partial charge in [0, 0.05) is 29.9 Å². The second-order valence-electron chi connectivity index (χ2n) is 7.93. The van der Waals surface area contributed by atoms with Crippen LogP contribution < -0.4 is 20.1 Å². The fourth-order valence-electron chi connectivity index (χ4n) is 3.43. The first-order valence-corrected chi connectivity index (χ1v) is 11.2. The number of halogens is 7. The van der Waals surface area contributed by atoms with Crippen molar-refractivity contribution in [2.75, 3.05) is 11.4 Å². The largest absolute Gasteiger partial charge is 0.573 e. The van der Waals surface area contributed by atoms with Gasteiger partial charge < -0.3 is 20.1 Å². The third-order valence-corrected chi connectivity index (χ3v) is 5.53. The maximum atomic E-state index is 13.3. The molecule has 11 heteroatoms. The van der Waals surface area contributed by atoms with E-state index < -0.39 is 30.9 Å². The average molecular weight is 533 g/mol. The minimum atomic E-state index is -4.90. The van der Waals surface area contributed by atoms with Gasteiger partial charge in [0.05, 0.1) is 0 Å². The summed E-state index contributed by atoms with van der Waals surface area (Å²) in [7, 11) is 0. The number of rotatable bonds is 9. The molecule has 0 aromatic heterocycles. The molecule has 0 saturated carbocycles. The van der Waals surface area contributed by atoms with Gasteiger partial charge in [-0.05, 0) is 60.0 Å². The van der Waals surface area contributed by atoms with Crippen LogP contribution in [0.2, 0.25) is 5.02 Å². The number of aryl methyl sites for hydroxylation is 1. The van der Waals surface area contributed by atoms with Crippen molar-refractivity contribution in [1.29, 1.82) is 0 Å². The second-order valence-corrected chi connectivity index (χ2v) is 8.34. The minimum Gasteiger partial charge on any atom is -0.457 e. The summed E-state index contributed by atoms with van der Waals surface area (Å²) in [4.78, 5) is 1.32. The van der Waals surface area contributed by atoms with Crippen molar-refractivity contribution < 1.29 is 35.8 Å². The van der Waals surface area contributed by atoms with Gasteiger partial charge in [0.1, 0.15) is 23.3 Å². The number of nitrogens with zero attached hydrogens (tertiary/aromatic N) is 1. The average Bonchev–Trinajstić information content (AvgIpc) is 2.78. The third kappa shape index (κ3) is 7.96. The molecule has 3 rings (SSSR count). The van der Waals surface area contributed by atoms with E-state index in [0.717, 1.165) is 17.7 Å². The number of hydrogen-bond acceptors (Lipinski definition) is 4. The normalized spacial score (nSPS) is 12.8. The summed E-state index contributed by atoms with van der Waals surface area (Å²) in [6.07, 6.45) is -8.90. The van der Waals surface area contributed by atoms with E-state index in [2.05, 4.69) is 4.74 Å². The van der Waals surface area contributed by atoms with Crippen LogP contribution in [0.3, 0.4) is 0 Å². The number of ether oxygens (including phenoxy) is 2. The van der Waals surface area contributed by atoms with Gasteiger partial charge >= 0.3 is 12.5 Å². The molecule has 1 unspecified atom stereocenters. The van der Waals surface area contributed by atoms with Crippen LogP contribution in [-0.4, -0.2) is 25.1 Å². The first-order chi connectivity index (χ1) is 16.8. The van der Waals surface area contributed by atoms with Crippen LogP contribution in [0.4, 0.5) is 32.0 Å². The van der Waals surface area contributed by atoms with E-state index in [0.29, 0.717) is 34.2 Å². The maximum Gasteiger partial charge on any atom is 0.573 e. The summed E-state index contributed by atoms with van der Waals surface area (Å²) in [5, 5.41) is 0.586. The number of nitrogens with two attached hydrogens (primary N) is 1. The lowest BCUT2D eigenvalue weighted by Gasteiger charge is -2.29. The topological polar surface area (TPSA) is 47.7 Å². The predicted octanol–water partition coefficient (Wildman–Crippen LogP) is 7.49. The van der Waals surface area contributed by atoms with Gasteiger partial charge in [0.25, 0.3) is 0 Å². The van der Waals surface area contributed by atoms with E-state index in [9.17, 15) is 26.3 Å².